The van der Waals surface area contributed by atoms with Gasteiger partial charge in [0.25, 0.3) is 0 Å². The Hall–Kier alpha value is -1.11. The minimum atomic E-state index is -4.50. The van der Waals surface area contributed by atoms with Gasteiger partial charge in [0, 0.05) is 0 Å². The van der Waals surface area contributed by atoms with Crippen molar-refractivity contribution in [1.29, 1.82) is 0 Å². The Balaban J connectivity index is 2.45. The van der Waals surface area contributed by atoms with Crippen LogP contribution in [-0.2, 0) is 12.8 Å². The van der Waals surface area contributed by atoms with Crippen molar-refractivity contribution >= 4 is 0 Å². The molecule has 0 saturated heterocycles. The number of aliphatic hydroxyl groups is 1. The first-order chi connectivity index (χ1) is 6.54. The topological polar surface area (TPSA) is 50.9 Å². The third-order valence-corrected chi connectivity index (χ3v) is 2.08. The Kier molecular flexibility index (Phi) is 1.99. The van der Waals surface area contributed by atoms with Crippen LogP contribution < -0.4 is 0 Å². The standard InChI is InChI=1S/C7H8F3N3O/c8-7(9,10)6-5(3-14)11-12-13(6)4-1-2-4/h4,14H,1-3H2. The molecule has 1 aromatic heterocycles. The Morgan fingerprint density at radius 3 is 2.50 bits per heavy atom. The van der Waals surface area contributed by atoms with Crippen molar-refractivity contribution in [1.82, 2.24) is 15.0 Å². The lowest BCUT2D eigenvalue weighted by Crippen LogP contribution is -2.15. The average Bonchev–Trinajstić information content (AvgIpc) is 2.82. The monoisotopic (exact) mass is 207 g/mol. The van der Waals surface area contributed by atoms with Crippen LogP contribution in [0.15, 0.2) is 0 Å². The number of hydrogen-bond donors (Lipinski definition) is 1. The highest BCUT2D eigenvalue weighted by Crippen LogP contribution is 2.40. The largest absolute Gasteiger partial charge is 0.435 e. The molecule has 0 aliphatic heterocycles. The zero-order valence-corrected chi connectivity index (χ0v) is 7.12. The highest BCUT2D eigenvalue weighted by atomic mass is 19.4. The summed E-state index contributed by atoms with van der Waals surface area (Å²) in [5.74, 6) is 0. The van der Waals surface area contributed by atoms with Gasteiger partial charge in [-0.2, -0.15) is 13.2 Å². The summed E-state index contributed by atoms with van der Waals surface area (Å²) in [6.07, 6.45) is -3.11. The molecule has 0 unspecified atom stereocenters. The second-order valence-corrected chi connectivity index (χ2v) is 3.22. The number of rotatable bonds is 2. The number of aromatic nitrogens is 3. The van der Waals surface area contributed by atoms with Crippen LogP contribution in [-0.4, -0.2) is 20.1 Å². The van der Waals surface area contributed by atoms with Gasteiger partial charge in [0.1, 0.15) is 5.69 Å². The van der Waals surface area contributed by atoms with Gasteiger partial charge in [-0.15, -0.1) is 5.10 Å². The van der Waals surface area contributed by atoms with Crippen molar-refractivity contribution in [2.45, 2.75) is 31.7 Å². The van der Waals surface area contributed by atoms with Crippen LogP contribution in [0.2, 0.25) is 0 Å². The van der Waals surface area contributed by atoms with E-state index in [2.05, 4.69) is 10.3 Å². The zero-order valence-electron chi connectivity index (χ0n) is 7.12. The number of hydrogen-bond acceptors (Lipinski definition) is 3. The Morgan fingerprint density at radius 2 is 2.07 bits per heavy atom. The van der Waals surface area contributed by atoms with E-state index in [0.717, 1.165) is 4.68 Å². The normalized spacial score (nSPS) is 17.4. The number of nitrogens with zero attached hydrogens (tertiary/aromatic N) is 3. The third-order valence-electron chi connectivity index (χ3n) is 2.08. The van der Waals surface area contributed by atoms with E-state index < -0.39 is 24.2 Å². The molecule has 0 radical (unpaired) electrons. The maximum atomic E-state index is 12.5. The molecular weight excluding hydrogens is 199 g/mol. The van der Waals surface area contributed by atoms with Crippen LogP contribution in [0.1, 0.15) is 30.3 Å². The first-order valence-corrected chi connectivity index (χ1v) is 4.16. The summed E-state index contributed by atoms with van der Waals surface area (Å²) in [7, 11) is 0. The Bertz CT molecular complexity index is 342. The zero-order chi connectivity index (χ0) is 10.3. The number of aliphatic hydroxyl groups excluding tert-OH is 1. The molecule has 0 bridgehead atoms. The maximum Gasteiger partial charge on any atom is 0.435 e. The van der Waals surface area contributed by atoms with E-state index in [4.69, 9.17) is 5.11 Å². The van der Waals surface area contributed by atoms with E-state index in [1.807, 2.05) is 0 Å². The summed E-state index contributed by atoms with van der Waals surface area (Å²) in [5, 5.41) is 15.4. The lowest BCUT2D eigenvalue weighted by molar-refractivity contribution is -0.145. The molecule has 0 atom stereocenters. The fourth-order valence-electron chi connectivity index (χ4n) is 1.30. The van der Waals surface area contributed by atoms with Gasteiger partial charge < -0.3 is 5.11 Å². The van der Waals surface area contributed by atoms with E-state index in [0.29, 0.717) is 12.8 Å². The first kappa shape index (κ1) is 9.45. The summed E-state index contributed by atoms with van der Waals surface area (Å²) < 4.78 is 38.4. The van der Waals surface area contributed by atoms with Gasteiger partial charge in [0.15, 0.2) is 5.69 Å². The molecule has 1 aliphatic carbocycles. The van der Waals surface area contributed by atoms with Crippen LogP contribution in [0, 0.1) is 0 Å². The molecule has 0 amide bonds. The van der Waals surface area contributed by atoms with Gasteiger partial charge in [-0.3, -0.25) is 0 Å². The fourth-order valence-corrected chi connectivity index (χ4v) is 1.30. The minimum absolute atomic E-state index is 0.195. The molecule has 1 N–H and O–H groups in total. The van der Waals surface area contributed by atoms with Crippen LogP contribution in [0.4, 0.5) is 13.2 Å². The molecule has 1 aromatic rings. The Morgan fingerprint density at radius 1 is 1.43 bits per heavy atom. The predicted molar refractivity (Wildman–Crippen MR) is 39.2 cm³/mol. The van der Waals surface area contributed by atoms with Gasteiger partial charge in [0.05, 0.1) is 12.6 Å². The average molecular weight is 207 g/mol. The second-order valence-electron chi connectivity index (χ2n) is 3.22. The highest BCUT2D eigenvalue weighted by Gasteiger charge is 2.42. The van der Waals surface area contributed by atoms with Crippen molar-refractivity contribution in [3.05, 3.63) is 11.4 Å². The van der Waals surface area contributed by atoms with Gasteiger partial charge in [0.2, 0.25) is 0 Å². The van der Waals surface area contributed by atoms with E-state index in [9.17, 15) is 13.2 Å². The van der Waals surface area contributed by atoms with Gasteiger partial charge in [-0.1, -0.05) is 5.21 Å². The molecule has 0 spiro atoms. The minimum Gasteiger partial charge on any atom is -0.390 e. The summed E-state index contributed by atoms with van der Waals surface area (Å²) in [4.78, 5) is 0. The SMILES string of the molecule is OCc1nnn(C2CC2)c1C(F)(F)F. The second kappa shape index (κ2) is 2.94. The third kappa shape index (κ3) is 1.47. The molecule has 14 heavy (non-hydrogen) atoms. The molecule has 2 rings (SSSR count). The lowest BCUT2D eigenvalue weighted by atomic mass is 10.3. The molecule has 1 heterocycles. The van der Waals surface area contributed by atoms with Gasteiger partial charge in [-0.25, -0.2) is 4.68 Å². The van der Waals surface area contributed by atoms with Crippen molar-refractivity contribution in [2.75, 3.05) is 0 Å². The van der Waals surface area contributed by atoms with Crippen LogP contribution >= 0.6 is 0 Å². The maximum absolute atomic E-state index is 12.5. The number of alkyl halides is 3. The van der Waals surface area contributed by atoms with Gasteiger partial charge in [-0.05, 0) is 12.8 Å². The van der Waals surface area contributed by atoms with Crippen LogP contribution in [0.3, 0.4) is 0 Å². The van der Waals surface area contributed by atoms with E-state index in [1.54, 1.807) is 0 Å². The van der Waals surface area contributed by atoms with Crippen molar-refractivity contribution < 1.29 is 18.3 Å². The van der Waals surface area contributed by atoms with Crippen molar-refractivity contribution in [3.8, 4) is 0 Å². The molecule has 7 heteroatoms. The lowest BCUT2D eigenvalue weighted by Gasteiger charge is -2.09. The van der Waals surface area contributed by atoms with Crippen molar-refractivity contribution in [3.63, 3.8) is 0 Å². The fraction of sp³-hybridized carbons (Fsp3) is 0.714. The van der Waals surface area contributed by atoms with Gasteiger partial charge >= 0.3 is 6.18 Å². The van der Waals surface area contributed by atoms with E-state index in [1.165, 1.54) is 0 Å². The summed E-state index contributed by atoms with van der Waals surface area (Å²) in [6, 6.07) is -0.195. The quantitative estimate of drug-likeness (QED) is 0.790. The molecule has 0 aromatic carbocycles. The summed E-state index contributed by atoms with van der Waals surface area (Å²) in [5.41, 5.74) is -1.31. The molecular formula is C7H8F3N3O. The smallest absolute Gasteiger partial charge is 0.390 e. The molecule has 4 nitrogen and oxygen atoms in total. The van der Waals surface area contributed by atoms with Crippen LogP contribution in [0.5, 0.6) is 0 Å². The van der Waals surface area contributed by atoms with E-state index >= 15 is 0 Å². The highest BCUT2D eigenvalue weighted by molar-refractivity contribution is 5.15. The van der Waals surface area contributed by atoms with Crippen molar-refractivity contribution in [2.24, 2.45) is 0 Å². The number of halogens is 3. The molecule has 1 fully saturated rings. The predicted octanol–water partition coefficient (Wildman–Crippen LogP) is 1.12. The van der Waals surface area contributed by atoms with E-state index in [-0.39, 0.29) is 6.04 Å². The summed E-state index contributed by atoms with van der Waals surface area (Å²) >= 11 is 0. The molecule has 1 aliphatic rings. The molecule has 1 saturated carbocycles. The summed E-state index contributed by atoms with van der Waals surface area (Å²) in [6.45, 7) is -0.735. The first-order valence-electron chi connectivity index (χ1n) is 4.16. The Labute approximate surface area is 77.3 Å². The molecule has 78 valence electrons. The van der Waals surface area contributed by atoms with Crippen LogP contribution in [0.25, 0.3) is 0 Å².